The van der Waals surface area contributed by atoms with Crippen LogP contribution in [0.4, 0.5) is 5.69 Å². The minimum absolute atomic E-state index is 0.101. The summed E-state index contributed by atoms with van der Waals surface area (Å²) in [5, 5.41) is -0.239. The van der Waals surface area contributed by atoms with E-state index in [1.807, 2.05) is 6.07 Å². The summed E-state index contributed by atoms with van der Waals surface area (Å²) in [5.41, 5.74) is 1.40. The summed E-state index contributed by atoms with van der Waals surface area (Å²) in [4.78, 5) is 74.0. The van der Waals surface area contributed by atoms with E-state index in [2.05, 4.69) is 4.98 Å². The zero-order valence-electron chi connectivity index (χ0n) is 22.4. The number of fused-ring (bicyclic) bond motifs is 2. The Morgan fingerprint density at radius 1 is 1.02 bits per heavy atom. The Morgan fingerprint density at radius 2 is 1.78 bits per heavy atom. The summed E-state index contributed by atoms with van der Waals surface area (Å²) in [7, 11) is 0. The first-order valence-electron chi connectivity index (χ1n) is 13.6. The molecule has 0 N–H and O–H groups in total. The first kappa shape index (κ1) is 27.4. The molecule has 12 heteroatoms. The largest absolute Gasteiger partial charge is 0.462 e. The predicted molar refractivity (Wildman–Crippen MR) is 153 cm³/mol. The highest BCUT2D eigenvalue weighted by molar-refractivity contribution is 8.00. The summed E-state index contributed by atoms with van der Waals surface area (Å²) in [6.45, 7) is 3.20. The van der Waals surface area contributed by atoms with Gasteiger partial charge in [-0.15, -0.1) is 0 Å². The molecule has 0 aliphatic carbocycles. The smallest absolute Gasteiger partial charge is 0.338 e. The number of anilines is 1. The van der Waals surface area contributed by atoms with Crippen LogP contribution in [-0.2, 0) is 25.7 Å². The maximum atomic E-state index is 14.0. The van der Waals surface area contributed by atoms with Crippen molar-refractivity contribution in [1.29, 1.82) is 0 Å². The minimum atomic E-state index is -0.796. The summed E-state index contributed by atoms with van der Waals surface area (Å²) >= 11 is 2.21. The monoisotopic (exact) mass is 592 g/mol. The highest BCUT2D eigenvalue weighted by atomic mass is 32.2. The summed E-state index contributed by atoms with van der Waals surface area (Å²) in [6, 6.07) is 9.79. The highest BCUT2D eigenvalue weighted by Gasteiger charge is 2.57. The number of benzene rings is 1. The number of ether oxygens (including phenoxy) is 1. The first-order chi connectivity index (χ1) is 19.9. The van der Waals surface area contributed by atoms with Crippen LogP contribution in [0.1, 0.15) is 52.9 Å². The molecule has 0 spiro atoms. The van der Waals surface area contributed by atoms with Crippen LogP contribution in [0.25, 0.3) is 0 Å². The van der Waals surface area contributed by atoms with Crippen molar-refractivity contribution in [1.82, 2.24) is 14.5 Å². The van der Waals surface area contributed by atoms with Gasteiger partial charge in [-0.25, -0.2) is 9.69 Å². The van der Waals surface area contributed by atoms with Crippen molar-refractivity contribution >= 4 is 52.5 Å². The van der Waals surface area contributed by atoms with Crippen molar-refractivity contribution in [2.24, 2.45) is 5.92 Å². The van der Waals surface area contributed by atoms with Gasteiger partial charge in [-0.1, -0.05) is 29.2 Å². The molecule has 1 aromatic carbocycles. The lowest BCUT2D eigenvalue weighted by atomic mass is 9.84. The lowest BCUT2D eigenvalue weighted by Crippen LogP contribution is -2.39. The van der Waals surface area contributed by atoms with E-state index in [4.69, 9.17) is 4.74 Å². The fourth-order valence-corrected chi connectivity index (χ4v) is 8.54. The molecule has 0 radical (unpaired) electrons. The van der Waals surface area contributed by atoms with Crippen molar-refractivity contribution in [3.8, 4) is 0 Å². The number of imide groups is 1. The Bertz CT molecular complexity index is 1560. The molecule has 0 bridgehead atoms. The quantitative estimate of drug-likeness (QED) is 0.316. The molecule has 41 heavy (non-hydrogen) atoms. The van der Waals surface area contributed by atoms with Crippen LogP contribution in [0.2, 0.25) is 0 Å². The number of nitrogens with zero attached hydrogens (tertiary/aromatic N) is 4. The summed E-state index contributed by atoms with van der Waals surface area (Å²) in [5.74, 6) is -2.73. The molecule has 3 atom stereocenters. The van der Waals surface area contributed by atoms with Gasteiger partial charge in [-0.2, -0.15) is 0 Å². The van der Waals surface area contributed by atoms with Crippen LogP contribution in [0.15, 0.2) is 58.6 Å². The number of esters is 1. The Morgan fingerprint density at radius 3 is 2.46 bits per heavy atom. The van der Waals surface area contributed by atoms with Gasteiger partial charge in [0.25, 0.3) is 0 Å². The van der Waals surface area contributed by atoms with Crippen LogP contribution in [0.3, 0.4) is 0 Å². The van der Waals surface area contributed by atoms with E-state index in [-0.39, 0.29) is 29.8 Å². The number of pyridine rings is 1. The van der Waals surface area contributed by atoms with Gasteiger partial charge in [0.15, 0.2) is 0 Å². The number of amides is 3. The van der Waals surface area contributed by atoms with E-state index < -0.39 is 29.0 Å². The van der Waals surface area contributed by atoms with E-state index in [0.717, 1.165) is 36.2 Å². The number of rotatable bonds is 6. The number of carbonyl (C=O) groups excluding carboxylic acids is 4. The van der Waals surface area contributed by atoms with Gasteiger partial charge in [0.2, 0.25) is 17.7 Å². The number of aromatic nitrogens is 2. The Kier molecular flexibility index (Phi) is 7.52. The van der Waals surface area contributed by atoms with E-state index in [1.165, 1.54) is 33.4 Å². The molecule has 2 aromatic heterocycles. The fourth-order valence-electron chi connectivity index (χ4n) is 5.77. The van der Waals surface area contributed by atoms with Crippen LogP contribution in [0, 0.1) is 5.92 Å². The Balaban J connectivity index is 1.37. The zero-order valence-corrected chi connectivity index (χ0v) is 24.0. The second-order valence-electron chi connectivity index (χ2n) is 10.2. The van der Waals surface area contributed by atoms with Gasteiger partial charge in [0.1, 0.15) is 11.8 Å². The van der Waals surface area contributed by atoms with Crippen LogP contribution in [-0.4, -0.2) is 63.1 Å². The molecular formula is C29H28N4O6S2. The average Bonchev–Trinajstić information content (AvgIpc) is 3.44. The van der Waals surface area contributed by atoms with E-state index in [1.54, 1.807) is 42.4 Å². The van der Waals surface area contributed by atoms with Gasteiger partial charge in [0.05, 0.1) is 28.8 Å². The number of likely N-dealkylation sites (tertiary alicyclic amines) is 1. The molecule has 3 aliphatic rings. The number of hydrogen-bond donors (Lipinski definition) is 0. The van der Waals surface area contributed by atoms with Gasteiger partial charge >= 0.3 is 10.8 Å². The molecule has 6 rings (SSSR count). The SMILES string of the molecule is CCOC(=O)c1ccc(N2C(=O)C3Sc4c(sc(=O)n4CC(=O)N4CCCCC4)[C@H](c4cccnc4)C3C2=O)cc1. The fraction of sp³-hybridized carbons (Fsp3) is 0.379. The first-order valence-corrected chi connectivity index (χ1v) is 15.3. The van der Waals surface area contributed by atoms with Crippen molar-refractivity contribution in [2.75, 3.05) is 24.6 Å². The van der Waals surface area contributed by atoms with Crippen molar-refractivity contribution in [3.05, 3.63) is 74.5 Å². The molecule has 2 unspecified atom stereocenters. The third-order valence-corrected chi connectivity index (χ3v) is 10.3. The molecule has 3 amide bonds. The lowest BCUT2D eigenvalue weighted by molar-refractivity contribution is -0.133. The maximum Gasteiger partial charge on any atom is 0.338 e. The molecule has 2 saturated heterocycles. The Hall–Kier alpha value is -3.77. The predicted octanol–water partition coefficient (Wildman–Crippen LogP) is 3.29. The lowest BCUT2D eigenvalue weighted by Gasteiger charge is -2.31. The molecule has 0 saturated carbocycles. The van der Waals surface area contributed by atoms with Crippen molar-refractivity contribution in [2.45, 2.75) is 48.9 Å². The maximum absolute atomic E-state index is 14.0. The van der Waals surface area contributed by atoms with E-state index >= 15 is 0 Å². The van der Waals surface area contributed by atoms with Gasteiger partial charge in [-0.05, 0) is 62.1 Å². The normalized spacial score (nSPS) is 21.9. The minimum Gasteiger partial charge on any atom is -0.462 e. The average molecular weight is 593 g/mol. The van der Waals surface area contributed by atoms with Crippen molar-refractivity contribution < 1.29 is 23.9 Å². The molecule has 3 aromatic rings. The third kappa shape index (κ3) is 4.88. The van der Waals surface area contributed by atoms with E-state index in [9.17, 15) is 24.0 Å². The van der Waals surface area contributed by atoms with Crippen LogP contribution in [0.5, 0.6) is 0 Å². The second kappa shape index (κ2) is 11.2. The summed E-state index contributed by atoms with van der Waals surface area (Å²) < 4.78 is 6.51. The topological polar surface area (TPSA) is 119 Å². The molecule has 212 valence electrons. The van der Waals surface area contributed by atoms with E-state index in [0.29, 0.717) is 34.2 Å². The second-order valence-corrected chi connectivity index (χ2v) is 12.3. The number of thioether (sulfide) groups is 1. The molecule has 5 heterocycles. The third-order valence-electron chi connectivity index (χ3n) is 7.73. The summed E-state index contributed by atoms with van der Waals surface area (Å²) in [6.07, 6.45) is 6.25. The van der Waals surface area contributed by atoms with Gasteiger partial charge in [0, 0.05) is 36.3 Å². The number of hydrogen-bond acceptors (Lipinski definition) is 9. The Labute approximate surface area is 244 Å². The van der Waals surface area contributed by atoms with Gasteiger partial charge in [-0.3, -0.25) is 28.7 Å². The molecule has 2 fully saturated rings. The van der Waals surface area contributed by atoms with Crippen molar-refractivity contribution in [3.63, 3.8) is 0 Å². The highest BCUT2D eigenvalue weighted by Crippen LogP contribution is 2.53. The van der Waals surface area contributed by atoms with Gasteiger partial charge < -0.3 is 9.64 Å². The van der Waals surface area contributed by atoms with Crippen LogP contribution >= 0.6 is 23.1 Å². The molecular weight excluding hydrogens is 564 g/mol. The number of piperidine rings is 1. The standard InChI is InChI=1S/C29H28N4O6S2/c1-2-39-28(37)17-8-10-19(11-9-17)33-25(35)22-21(18-7-6-12-30-15-18)24-27(40-23(22)26(33)36)32(29(38)41-24)16-20(34)31-13-4-3-5-14-31/h6-12,15,21-23H,2-5,13-14,16H2,1H3/t21-,22?,23?/m1/s1. The number of thiazole rings is 1. The molecule has 10 nitrogen and oxygen atoms in total. The van der Waals surface area contributed by atoms with Crippen LogP contribution < -0.4 is 9.77 Å². The zero-order chi connectivity index (χ0) is 28.7. The number of carbonyl (C=O) groups is 4. The molecule has 3 aliphatic heterocycles.